The Morgan fingerprint density at radius 2 is 2.00 bits per heavy atom. The minimum atomic E-state index is -4.62. The molecule has 1 unspecified atom stereocenters. The number of rotatable bonds is 3. The maximum atomic E-state index is 12.4. The molecule has 0 spiro atoms. The molecular weight excluding hydrogens is 337 g/mol. The van der Waals surface area contributed by atoms with Crippen molar-refractivity contribution in [2.45, 2.75) is 19.2 Å². The standard InChI is InChI=1S/C16H13F3N4O2/c1-9(16(17,18)19)25-15(24)21-11-7-12-14(20-8-11)23-13(22-12)10-5-3-2-4-6-10/h2-9H,1H3,(H,21,24)(H,20,22,23). The van der Waals surface area contributed by atoms with Crippen molar-refractivity contribution in [1.82, 2.24) is 15.0 Å². The second kappa shape index (κ2) is 6.42. The first-order chi connectivity index (χ1) is 11.8. The van der Waals surface area contributed by atoms with Crippen molar-refractivity contribution in [3.8, 4) is 11.4 Å². The number of alkyl halides is 3. The monoisotopic (exact) mass is 350 g/mol. The Bertz CT molecular complexity index is 893. The topological polar surface area (TPSA) is 79.9 Å². The van der Waals surface area contributed by atoms with E-state index >= 15 is 0 Å². The first-order valence-electron chi connectivity index (χ1n) is 7.28. The second-order valence-corrected chi connectivity index (χ2v) is 5.26. The quantitative estimate of drug-likeness (QED) is 0.744. The lowest BCUT2D eigenvalue weighted by molar-refractivity contribution is -0.196. The number of fused-ring (bicyclic) bond motifs is 1. The summed E-state index contributed by atoms with van der Waals surface area (Å²) in [5.41, 5.74) is 1.98. The molecule has 0 bridgehead atoms. The Morgan fingerprint density at radius 1 is 1.28 bits per heavy atom. The number of imidazole rings is 1. The molecule has 3 rings (SSSR count). The fourth-order valence-corrected chi connectivity index (χ4v) is 2.07. The Kier molecular flexibility index (Phi) is 4.30. The van der Waals surface area contributed by atoms with Gasteiger partial charge in [0.2, 0.25) is 0 Å². The Hall–Kier alpha value is -3.10. The van der Waals surface area contributed by atoms with Crippen LogP contribution in [0.2, 0.25) is 0 Å². The van der Waals surface area contributed by atoms with Crippen molar-refractivity contribution in [3.63, 3.8) is 0 Å². The minimum absolute atomic E-state index is 0.179. The van der Waals surface area contributed by atoms with E-state index in [4.69, 9.17) is 0 Å². The van der Waals surface area contributed by atoms with E-state index in [1.54, 1.807) is 0 Å². The Labute approximate surface area is 140 Å². The highest BCUT2D eigenvalue weighted by Crippen LogP contribution is 2.24. The van der Waals surface area contributed by atoms with Crippen LogP contribution in [0.15, 0.2) is 42.6 Å². The van der Waals surface area contributed by atoms with Crippen LogP contribution in [-0.4, -0.2) is 33.3 Å². The summed E-state index contributed by atoms with van der Waals surface area (Å²) in [5.74, 6) is 0.591. The molecule has 0 aliphatic heterocycles. The number of pyridine rings is 1. The van der Waals surface area contributed by atoms with Gasteiger partial charge in [0.25, 0.3) is 0 Å². The van der Waals surface area contributed by atoms with Gasteiger partial charge in [-0.1, -0.05) is 30.3 Å². The van der Waals surface area contributed by atoms with Gasteiger partial charge in [-0.05, 0) is 13.0 Å². The van der Waals surface area contributed by atoms with Crippen LogP contribution in [0.1, 0.15) is 6.92 Å². The third kappa shape index (κ3) is 3.87. The van der Waals surface area contributed by atoms with Crippen LogP contribution in [0.5, 0.6) is 0 Å². The molecule has 1 amide bonds. The van der Waals surface area contributed by atoms with Crippen LogP contribution < -0.4 is 5.32 Å². The Balaban J connectivity index is 1.76. The molecule has 2 N–H and O–H groups in total. The fraction of sp³-hybridized carbons (Fsp3) is 0.188. The molecule has 130 valence electrons. The molecule has 0 aliphatic rings. The third-order valence-corrected chi connectivity index (χ3v) is 3.38. The van der Waals surface area contributed by atoms with Crippen LogP contribution >= 0.6 is 0 Å². The normalized spacial score (nSPS) is 12.8. The van der Waals surface area contributed by atoms with Gasteiger partial charge in [-0.3, -0.25) is 5.32 Å². The van der Waals surface area contributed by atoms with E-state index in [-0.39, 0.29) is 5.69 Å². The number of aromatic nitrogens is 3. The molecule has 0 aliphatic carbocycles. The highest BCUT2D eigenvalue weighted by molar-refractivity contribution is 5.88. The first kappa shape index (κ1) is 16.7. The van der Waals surface area contributed by atoms with E-state index in [2.05, 4.69) is 25.0 Å². The van der Waals surface area contributed by atoms with E-state index in [9.17, 15) is 18.0 Å². The smallest absolute Gasteiger partial charge is 0.425 e. The predicted molar refractivity (Wildman–Crippen MR) is 84.9 cm³/mol. The zero-order valence-electron chi connectivity index (χ0n) is 13.0. The zero-order chi connectivity index (χ0) is 18.0. The van der Waals surface area contributed by atoms with E-state index in [1.165, 1.54) is 12.3 Å². The summed E-state index contributed by atoms with van der Waals surface area (Å²) in [7, 11) is 0. The van der Waals surface area contributed by atoms with Crippen molar-refractivity contribution in [1.29, 1.82) is 0 Å². The van der Waals surface area contributed by atoms with E-state index < -0.39 is 18.4 Å². The van der Waals surface area contributed by atoms with Crippen LogP contribution in [0.25, 0.3) is 22.6 Å². The summed E-state index contributed by atoms with van der Waals surface area (Å²) >= 11 is 0. The first-order valence-corrected chi connectivity index (χ1v) is 7.28. The van der Waals surface area contributed by atoms with E-state index in [1.807, 2.05) is 30.3 Å². The average Bonchev–Trinajstić information content (AvgIpc) is 2.98. The van der Waals surface area contributed by atoms with E-state index in [0.29, 0.717) is 17.0 Å². The van der Waals surface area contributed by atoms with Gasteiger partial charge in [0.05, 0.1) is 11.9 Å². The number of nitrogens with zero attached hydrogens (tertiary/aromatic N) is 2. The van der Waals surface area contributed by atoms with Gasteiger partial charge in [-0.2, -0.15) is 13.2 Å². The number of H-pyrrole nitrogens is 1. The van der Waals surface area contributed by atoms with Gasteiger partial charge in [0.1, 0.15) is 11.3 Å². The molecule has 25 heavy (non-hydrogen) atoms. The van der Waals surface area contributed by atoms with Crippen molar-refractivity contribution in [3.05, 3.63) is 42.6 Å². The second-order valence-electron chi connectivity index (χ2n) is 5.26. The van der Waals surface area contributed by atoms with Gasteiger partial charge >= 0.3 is 12.3 Å². The largest absolute Gasteiger partial charge is 0.437 e. The van der Waals surface area contributed by atoms with Crippen LogP contribution in [-0.2, 0) is 4.74 Å². The molecule has 0 saturated carbocycles. The molecule has 9 heteroatoms. The molecule has 2 heterocycles. The van der Waals surface area contributed by atoms with Gasteiger partial charge < -0.3 is 9.72 Å². The number of ether oxygens (including phenoxy) is 1. The zero-order valence-corrected chi connectivity index (χ0v) is 13.0. The minimum Gasteiger partial charge on any atom is -0.437 e. The number of halogens is 3. The number of aromatic amines is 1. The number of nitrogens with one attached hydrogen (secondary N) is 2. The van der Waals surface area contributed by atoms with Crippen LogP contribution in [0.4, 0.5) is 23.7 Å². The number of carbonyl (C=O) groups is 1. The summed E-state index contributed by atoms with van der Waals surface area (Å²) in [4.78, 5) is 23.0. The highest BCUT2D eigenvalue weighted by Gasteiger charge is 2.39. The molecule has 0 saturated heterocycles. The summed E-state index contributed by atoms with van der Waals surface area (Å²) in [5, 5.41) is 2.21. The number of carbonyl (C=O) groups excluding carboxylic acids is 1. The van der Waals surface area contributed by atoms with E-state index in [0.717, 1.165) is 12.5 Å². The molecule has 1 aromatic carbocycles. The van der Waals surface area contributed by atoms with Gasteiger partial charge in [-0.15, -0.1) is 0 Å². The molecule has 6 nitrogen and oxygen atoms in total. The number of amides is 1. The fourth-order valence-electron chi connectivity index (χ4n) is 2.07. The van der Waals surface area contributed by atoms with Crippen LogP contribution in [0, 0.1) is 0 Å². The van der Waals surface area contributed by atoms with Gasteiger partial charge in [0.15, 0.2) is 11.8 Å². The molecule has 0 radical (unpaired) electrons. The van der Waals surface area contributed by atoms with Crippen LogP contribution in [0.3, 0.4) is 0 Å². The van der Waals surface area contributed by atoms with Gasteiger partial charge in [0, 0.05) is 5.56 Å². The summed E-state index contributed by atoms with van der Waals surface area (Å²) in [6.07, 6.45) is -6.75. The number of benzene rings is 1. The Morgan fingerprint density at radius 3 is 2.68 bits per heavy atom. The van der Waals surface area contributed by atoms with Crippen molar-refractivity contribution < 1.29 is 22.7 Å². The van der Waals surface area contributed by atoms with Crippen molar-refractivity contribution in [2.75, 3.05) is 5.32 Å². The van der Waals surface area contributed by atoms with Crippen molar-refractivity contribution in [2.24, 2.45) is 0 Å². The summed E-state index contributed by atoms with van der Waals surface area (Å²) in [6.45, 7) is 0.751. The highest BCUT2D eigenvalue weighted by atomic mass is 19.4. The predicted octanol–water partition coefficient (Wildman–Crippen LogP) is 4.12. The SMILES string of the molecule is CC(OC(=O)Nc1cnc2[nH]c(-c3ccccc3)nc2c1)C(F)(F)F. The van der Waals surface area contributed by atoms with Crippen molar-refractivity contribution >= 4 is 22.9 Å². The van der Waals surface area contributed by atoms with Gasteiger partial charge in [-0.25, -0.2) is 14.8 Å². The lowest BCUT2D eigenvalue weighted by Gasteiger charge is -2.16. The maximum Gasteiger partial charge on any atom is 0.425 e. The lowest BCUT2D eigenvalue weighted by Crippen LogP contribution is -2.32. The molecule has 3 aromatic rings. The lowest BCUT2D eigenvalue weighted by atomic mass is 10.2. The molecule has 0 fully saturated rings. The molecule has 2 aromatic heterocycles. The third-order valence-electron chi connectivity index (χ3n) is 3.38. The summed E-state index contributed by atoms with van der Waals surface area (Å²) in [6, 6.07) is 10.8. The average molecular weight is 350 g/mol. The number of anilines is 1. The summed E-state index contributed by atoms with van der Waals surface area (Å²) < 4.78 is 41.4. The molecule has 1 atom stereocenters. The maximum absolute atomic E-state index is 12.4. The number of hydrogen-bond acceptors (Lipinski definition) is 4. The molecular formula is C16H13F3N4O2. The number of hydrogen-bond donors (Lipinski definition) is 2.